The van der Waals surface area contributed by atoms with Crippen molar-refractivity contribution in [1.29, 1.82) is 5.41 Å². The second-order valence-corrected chi connectivity index (χ2v) is 4.29. The van der Waals surface area contributed by atoms with Crippen LogP contribution in [0.1, 0.15) is 5.56 Å². The number of H-pyrrole nitrogens is 1. The minimum Gasteiger partial charge on any atom is -0.384 e. The molecule has 100 valence electrons. The van der Waals surface area contributed by atoms with Gasteiger partial charge in [0.05, 0.1) is 12.0 Å². The van der Waals surface area contributed by atoms with E-state index < -0.39 is 0 Å². The highest BCUT2D eigenvalue weighted by Crippen LogP contribution is 2.28. The number of nitrogens with one attached hydrogen (secondary N) is 2. The number of aromatic nitrogens is 4. The SMILES string of the molecule is CN(c1ccccc1C(=N)N)c1ncnc2nc[nH]c12. The maximum atomic E-state index is 7.66. The number of amidine groups is 1. The Balaban J connectivity index is 2.16. The van der Waals surface area contributed by atoms with E-state index in [1.54, 1.807) is 12.4 Å². The summed E-state index contributed by atoms with van der Waals surface area (Å²) in [7, 11) is 1.87. The summed E-state index contributed by atoms with van der Waals surface area (Å²) in [6.45, 7) is 0. The second kappa shape index (κ2) is 4.61. The van der Waals surface area contributed by atoms with E-state index in [4.69, 9.17) is 11.1 Å². The number of rotatable bonds is 3. The van der Waals surface area contributed by atoms with Crippen molar-refractivity contribution >= 4 is 28.5 Å². The molecular weight excluding hydrogens is 254 g/mol. The zero-order valence-corrected chi connectivity index (χ0v) is 10.8. The van der Waals surface area contributed by atoms with Gasteiger partial charge in [-0.15, -0.1) is 0 Å². The van der Waals surface area contributed by atoms with Gasteiger partial charge < -0.3 is 15.6 Å². The zero-order chi connectivity index (χ0) is 14.1. The summed E-state index contributed by atoms with van der Waals surface area (Å²) in [5, 5.41) is 7.66. The van der Waals surface area contributed by atoms with Gasteiger partial charge in [0, 0.05) is 12.6 Å². The van der Waals surface area contributed by atoms with Crippen LogP contribution in [-0.4, -0.2) is 32.8 Å². The van der Waals surface area contributed by atoms with Crippen LogP contribution in [0.3, 0.4) is 0 Å². The summed E-state index contributed by atoms with van der Waals surface area (Å²) >= 11 is 0. The van der Waals surface area contributed by atoms with Crippen LogP contribution in [0, 0.1) is 5.41 Å². The van der Waals surface area contributed by atoms with Gasteiger partial charge in [0.15, 0.2) is 11.5 Å². The number of aromatic amines is 1. The van der Waals surface area contributed by atoms with Gasteiger partial charge in [0.2, 0.25) is 0 Å². The Hall–Kier alpha value is -2.96. The van der Waals surface area contributed by atoms with Gasteiger partial charge >= 0.3 is 0 Å². The van der Waals surface area contributed by atoms with Crippen molar-refractivity contribution in [2.24, 2.45) is 5.73 Å². The molecule has 0 unspecified atom stereocenters. The van der Waals surface area contributed by atoms with Gasteiger partial charge in [0.1, 0.15) is 17.7 Å². The van der Waals surface area contributed by atoms with Crippen LogP contribution < -0.4 is 10.6 Å². The molecule has 7 heteroatoms. The van der Waals surface area contributed by atoms with Crippen LogP contribution in [0.15, 0.2) is 36.9 Å². The molecule has 1 aromatic carbocycles. The number of nitrogens with zero attached hydrogens (tertiary/aromatic N) is 4. The van der Waals surface area contributed by atoms with Gasteiger partial charge in [-0.3, -0.25) is 5.41 Å². The summed E-state index contributed by atoms with van der Waals surface area (Å²) in [5.41, 5.74) is 8.42. The molecule has 3 aromatic rings. The molecule has 0 amide bonds. The monoisotopic (exact) mass is 267 g/mol. The van der Waals surface area contributed by atoms with E-state index in [-0.39, 0.29) is 5.84 Å². The van der Waals surface area contributed by atoms with Crippen LogP contribution in [0.2, 0.25) is 0 Å². The van der Waals surface area contributed by atoms with E-state index in [1.165, 1.54) is 6.33 Å². The molecule has 3 rings (SSSR count). The van der Waals surface area contributed by atoms with E-state index in [0.29, 0.717) is 17.0 Å². The van der Waals surface area contributed by atoms with Crippen LogP contribution in [0.5, 0.6) is 0 Å². The highest BCUT2D eigenvalue weighted by atomic mass is 15.2. The fraction of sp³-hybridized carbons (Fsp3) is 0.0769. The lowest BCUT2D eigenvalue weighted by Crippen LogP contribution is -2.19. The molecule has 0 aliphatic rings. The number of hydrogen-bond acceptors (Lipinski definition) is 5. The third-order valence-electron chi connectivity index (χ3n) is 3.08. The number of para-hydroxylation sites is 1. The molecule has 2 aromatic heterocycles. The average Bonchev–Trinajstić information content (AvgIpc) is 2.94. The molecule has 0 atom stereocenters. The molecule has 0 saturated heterocycles. The minimum atomic E-state index is 0.0161. The summed E-state index contributed by atoms with van der Waals surface area (Å²) in [5.74, 6) is 0.698. The molecule has 0 aliphatic carbocycles. The molecule has 2 heterocycles. The van der Waals surface area contributed by atoms with Gasteiger partial charge in [-0.1, -0.05) is 12.1 Å². The van der Waals surface area contributed by atoms with Crippen molar-refractivity contribution in [1.82, 2.24) is 19.9 Å². The normalized spacial score (nSPS) is 10.7. The Morgan fingerprint density at radius 2 is 2.05 bits per heavy atom. The standard InChI is InChI=1S/C13H13N7/c1-20(9-5-3-2-4-8(9)11(14)15)13-10-12(17-6-16-10)18-7-19-13/h2-7H,1H3,(H3,14,15)(H,16,17,18,19). The molecule has 0 saturated carbocycles. The Morgan fingerprint density at radius 3 is 2.85 bits per heavy atom. The van der Waals surface area contributed by atoms with Crippen molar-refractivity contribution < 1.29 is 0 Å². The lowest BCUT2D eigenvalue weighted by atomic mass is 10.1. The second-order valence-electron chi connectivity index (χ2n) is 4.29. The quantitative estimate of drug-likeness (QED) is 0.491. The van der Waals surface area contributed by atoms with E-state index in [9.17, 15) is 0 Å². The molecule has 0 aliphatic heterocycles. The molecule has 0 radical (unpaired) electrons. The van der Waals surface area contributed by atoms with Crippen LogP contribution >= 0.6 is 0 Å². The first kappa shape index (κ1) is 12.1. The number of hydrogen-bond donors (Lipinski definition) is 3. The van der Waals surface area contributed by atoms with Crippen molar-refractivity contribution in [3.05, 3.63) is 42.5 Å². The van der Waals surface area contributed by atoms with E-state index in [2.05, 4.69) is 19.9 Å². The van der Waals surface area contributed by atoms with E-state index in [1.807, 2.05) is 30.1 Å². The first-order chi connectivity index (χ1) is 9.68. The third-order valence-corrected chi connectivity index (χ3v) is 3.08. The van der Waals surface area contributed by atoms with Gasteiger partial charge in [-0.05, 0) is 12.1 Å². The Morgan fingerprint density at radius 1 is 1.25 bits per heavy atom. The predicted octanol–water partition coefficient (Wildman–Crippen LogP) is 1.40. The molecule has 0 bridgehead atoms. The number of benzene rings is 1. The van der Waals surface area contributed by atoms with Crippen LogP contribution in [0.25, 0.3) is 11.2 Å². The fourth-order valence-corrected chi connectivity index (χ4v) is 2.11. The Labute approximate surface area is 115 Å². The van der Waals surface area contributed by atoms with Gasteiger partial charge in [-0.25, -0.2) is 15.0 Å². The number of fused-ring (bicyclic) bond motifs is 1. The maximum absolute atomic E-state index is 7.66. The number of nitrogens with two attached hydrogens (primary N) is 1. The molecule has 20 heavy (non-hydrogen) atoms. The molecule has 0 fully saturated rings. The Kier molecular flexibility index (Phi) is 2.79. The zero-order valence-electron chi connectivity index (χ0n) is 10.8. The Bertz CT molecular complexity index is 777. The highest BCUT2D eigenvalue weighted by molar-refractivity contribution is 6.01. The smallest absolute Gasteiger partial charge is 0.182 e. The van der Waals surface area contributed by atoms with E-state index >= 15 is 0 Å². The van der Waals surface area contributed by atoms with E-state index in [0.717, 1.165) is 11.2 Å². The molecule has 4 N–H and O–H groups in total. The molecular formula is C13H13N7. The maximum Gasteiger partial charge on any atom is 0.182 e. The lowest BCUT2D eigenvalue weighted by molar-refractivity contribution is 1.10. The number of anilines is 2. The van der Waals surface area contributed by atoms with Crippen molar-refractivity contribution in [3.8, 4) is 0 Å². The van der Waals surface area contributed by atoms with Gasteiger partial charge in [0.25, 0.3) is 0 Å². The van der Waals surface area contributed by atoms with Crippen molar-refractivity contribution in [2.45, 2.75) is 0 Å². The van der Waals surface area contributed by atoms with Crippen LogP contribution in [0.4, 0.5) is 11.5 Å². The van der Waals surface area contributed by atoms with Gasteiger partial charge in [-0.2, -0.15) is 0 Å². The molecule has 7 nitrogen and oxygen atoms in total. The van der Waals surface area contributed by atoms with Crippen molar-refractivity contribution in [2.75, 3.05) is 11.9 Å². The lowest BCUT2D eigenvalue weighted by Gasteiger charge is -2.21. The summed E-state index contributed by atoms with van der Waals surface area (Å²) in [6, 6.07) is 7.43. The highest BCUT2D eigenvalue weighted by Gasteiger charge is 2.15. The first-order valence-corrected chi connectivity index (χ1v) is 5.99. The fourth-order valence-electron chi connectivity index (χ4n) is 2.11. The summed E-state index contributed by atoms with van der Waals surface area (Å²) in [4.78, 5) is 17.4. The largest absolute Gasteiger partial charge is 0.384 e. The number of imidazole rings is 1. The third kappa shape index (κ3) is 1.85. The predicted molar refractivity (Wildman–Crippen MR) is 77.2 cm³/mol. The first-order valence-electron chi connectivity index (χ1n) is 5.99. The van der Waals surface area contributed by atoms with Crippen molar-refractivity contribution in [3.63, 3.8) is 0 Å². The number of nitrogen functional groups attached to an aromatic ring is 1. The molecule has 0 spiro atoms. The average molecular weight is 267 g/mol. The topological polar surface area (TPSA) is 108 Å². The van der Waals surface area contributed by atoms with Crippen LogP contribution in [-0.2, 0) is 0 Å². The minimum absolute atomic E-state index is 0.0161. The summed E-state index contributed by atoms with van der Waals surface area (Å²) < 4.78 is 0. The summed E-state index contributed by atoms with van der Waals surface area (Å²) in [6.07, 6.45) is 3.04.